The van der Waals surface area contributed by atoms with E-state index in [2.05, 4.69) is 23.1 Å². The van der Waals surface area contributed by atoms with Gasteiger partial charge >= 0.3 is 23.5 Å². The van der Waals surface area contributed by atoms with Crippen molar-refractivity contribution in [3.63, 3.8) is 0 Å². The highest BCUT2D eigenvalue weighted by Gasteiger charge is 2.53. The van der Waals surface area contributed by atoms with Crippen molar-refractivity contribution >= 4 is 35.1 Å². The summed E-state index contributed by atoms with van der Waals surface area (Å²) >= 11 is 0. The number of rotatable bonds is 8. The summed E-state index contributed by atoms with van der Waals surface area (Å²) in [7, 11) is -16.7. The molecule has 0 amide bonds. The van der Waals surface area contributed by atoms with Gasteiger partial charge in [-0.05, 0) is 13.0 Å². The summed E-state index contributed by atoms with van der Waals surface area (Å²) in [6.07, 6.45) is -1.64. The van der Waals surface area contributed by atoms with Crippen molar-refractivity contribution < 1.29 is 61.4 Å². The van der Waals surface area contributed by atoms with Crippen LogP contribution in [-0.2, 0) is 31.6 Å². The third-order valence-electron chi connectivity index (χ3n) is 4.36. The Labute approximate surface area is 178 Å². The van der Waals surface area contributed by atoms with Gasteiger partial charge in [-0.25, -0.2) is 23.7 Å². The number of ether oxygens (including phenoxy) is 1. The lowest BCUT2D eigenvalue weighted by Gasteiger charge is -2.26. The van der Waals surface area contributed by atoms with Crippen molar-refractivity contribution in [2.75, 3.05) is 12.3 Å². The van der Waals surface area contributed by atoms with E-state index in [1.54, 1.807) is 0 Å². The zero-order valence-electron chi connectivity index (χ0n) is 16.0. The first-order chi connectivity index (χ1) is 14.5. The van der Waals surface area contributed by atoms with Crippen LogP contribution in [0.25, 0.3) is 5.65 Å². The van der Waals surface area contributed by atoms with E-state index in [0.29, 0.717) is 11.2 Å². The summed E-state index contributed by atoms with van der Waals surface area (Å²) < 4.78 is 52.5. The van der Waals surface area contributed by atoms with Crippen LogP contribution >= 0.6 is 23.5 Å². The van der Waals surface area contributed by atoms with E-state index in [1.807, 2.05) is 0 Å². The molecule has 17 nitrogen and oxygen atoms in total. The predicted molar refractivity (Wildman–Crippen MR) is 101 cm³/mol. The Morgan fingerprint density at radius 1 is 1.19 bits per heavy atom. The number of nitrogen functional groups attached to an aromatic ring is 1. The van der Waals surface area contributed by atoms with Crippen molar-refractivity contribution in [3.8, 4) is 0 Å². The van der Waals surface area contributed by atoms with Gasteiger partial charge in [-0.1, -0.05) is 0 Å². The molecule has 8 N–H and O–H groups in total. The van der Waals surface area contributed by atoms with Crippen LogP contribution in [0.2, 0.25) is 0 Å². The number of nitrogens with two attached hydrogens (primary N) is 1. The molecule has 20 heteroatoms. The number of anilines is 1. The fraction of sp³-hybridized carbons (Fsp3) is 0.500. The maximum atomic E-state index is 11.9. The molecule has 2 unspecified atom stereocenters. The van der Waals surface area contributed by atoms with E-state index in [-0.39, 0.29) is 5.95 Å². The van der Waals surface area contributed by atoms with Crippen LogP contribution in [0.3, 0.4) is 0 Å². The van der Waals surface area contributed by atoms with Crippen LogP contribution in [0, 0.1) is 0 Å². The van der Waals surface area contributed by atoms with Gasteiger partial charge in [0, 0.05) is 11.8 Å². The van der Waals surface area contributed by atoms with E-state index in [0.717, 1.165) is 0 Å². The van der Waals surface area contributed by atoms with Crippen molar-refractivity contribution in [2.45, 2.75) is 30.8 Å². The van der Waals surface area contributed by atoms with Gasteiger partial charge in [0.25, 0.3) is 0 Å². The summed E-state index contributed by atoms with van der Waals surface area (Å²) in [5.74, 6) is 0.0867. The highest BCUT2D eigenvalue weighted by atomic mass is 31.3. The lowest BCUT2D eigenvalue weighted by Crippen LogP contribution is -2.43. The molecular formula is C12H19N4O13P3. The van der Waals surface area contributed by atoms with Gasteiger partial charge in [-0.2, -0.15) is 8.62 Å². The zero-order chi connectivity index (χ0) is 24.1. The minimum Gasteiger partial charge on any atom is -0.387 e. The normalized spacial score (nSPS) is 30.3. The molecule has 2 aromatic rings. The Morgan fingerprint density at radius 3 is 2.44 bits per heavy atom. The van der Waals surface area contributed by atoms with Crippen LogP contribution in [0.5, 0.6) is 0 Å². The maximum absolute atomic E-state index is 11.9. The molecule has 0 bridgehead atoms. The number of hydrogen-bond acceptors (Lipinski definition) is 12. The molecular weight excluding hydrogens is 501 g/mol. The summed E-state index contributed by atoms with van der Waals surface area (Å²) in [4.78, 5) is 43.5. The lowest BCUT2D eigenvalue weighted by atomic mass is 9.90. The Morgan fingerprint density at radius 2 is 1.84 bits per heavy atom. The van der Waals surface area contributed by atoms with E-state index in [1.165, 1.54) is 29.9 Å². The number of hydrogen-bond donors (Lipinski definition) is 7. The molecule has 0 aliphatic carbocycles. The number of aliphatic hydroxyl groups is 2. The molecule has 0 spiro atoms. The van der Waals surface area contributed by atoms with E-state index >= 15 is 0 Å². The molecule has 1 saturated heterocycles. The highest BCUT2D eigenvalue weighted by molar-refractivity contribution is 7.66. The second-order valence-corrected chi connectivity index (χ2v) is 11.3. The average Bonchev–Trinajstić information content (AvgIpc) is 3.11. The summed E-state index contributed by atoms with van der Waals surface area (Å²) in [6, 6.07) is 1.49. The second-order valence-electron chi connectivity index (χ2n) is 6.85. The lowest BCUT2D eigenvalue weighted by molar-refractivity contribution is -0.0645. The van der Waals surface area contributed by atoms with Crippen molar-refractivity contribution in [1.29, 1.82) is 0 Å². The highest BCUT2D eigenvalue weighted by Crippen LogP contribution is 2.66. The molecule has 1 fully saturated rings. The third kappa shape index (κ3) is 5.61. The van der Waals surface area contributed by atoms with Gasteiger partial charge in [0.2, 0.25) is 5.95 Å². The number of aromatic nitrogens is 3. The van der Waals surface area contributed by atoms with Gasteiger partial charge in [0.05, 0.1) is 6.61 Å². The SMILES string of the molecule is C[C@@]1(O)[C@H](O)[C@@H](COP(=O)(O)OP(=O)(O)OP(=O)(O)O)O[C@H]1c1cc2ncnc(N)n2c1. The molecule has 0 saturated carbocycles. The molecule has 32 heavy (non-hydrogen) atoms. The number of phosphoric acid groups is 3. The van der Waals surface area contributed by atoms with Crippen molar-refractivity contribution in [2.24, 2.45) is 0 Å². The third-order valence-corrected chi connectivity index (χ3v) is 8.16. The average molecular weight is 520 g/mol. The van der Waals surface area contributed by atoms with Crippen molar-refractivity contribution in [3.05, 3.63) is 24.2 Å². The quantitative estimate of drug-likeness (QED) is 0.210. The van der Waals surface area contributed by atoms with Gasteiger partial charge in [0.15, 0.2) is 0 Å². The smallest absolute Gasteiger partial charge is 0.387 e. The van der Waals surface area contributed by atoms with Crippen molar-refractivity contribution in [1.82, 2.24) is 14.4 Å². The fourth-order valence-corrected chi connectivity index (χ4v) is 6.07. The fourth-order valence-electron chi connectivity index (χ4n) is 3.04. The Hall–Kier alpha value is -1.29. The largest absolute Gasteiger partial charge is 0.490 e. The molecule has 1 aliphatic rings. The molecule has 3 heterocycles. The molecule has 2 aromatic heterocycles. The van der Waals surface area contributed by atoms with Gasteiger partial charge in [-0.15, -0.1) is 0 Å². The predicted octanol–water partition coefficient (Wildman–Crippen LogP) is -0.793. The van der Waals surface area contributed by atoms with Gasteiger partial charge in [0.1, 0.15) is 35.9 Å². The van der Waals surface area contributed by atoms with E-state index in [9.17, 15) is 28.8 Å². The number of phosphoric ester groups is 1. The van der Waals surface area contributed by atoms with Crippen LogP contribution in [-0.4, -0.2) is 68.6 Å². The Balaban J connectivity index is 1.73. The van der Waals surface area contributed by atoms with E-state index < -0.39 is 54.0 Å². The van der Waals surface area contributed by atoms with Crippen LogP contribution in [0.4, 0.5) is 5.95 Å². The first-order valence-corrected chi connectivity index (χ1v) is 13.0. The summed E-state index contributed by atoms with van der Waals surface area (Å²) in [5.41, 5.74) is 4.49. The molecule has 3 rings (SSSR count). The van der Waals surface area contributed by atoms with E-state index in [4.69, 9.17) is 25.2 Å². The number of nitrogens with zero attached hydrogens (tertiary/aromatic N) is 3. The summed E-state index contributed by atoms with van der Waals surface area (Å²) in [6.45, 7) is 0.289. The first kappa shape index (κ1) is 25.3. The molecule has 1 aliphatic heterocycles. The van der Waals surface area contributed by atoms with Gasteiger partial charge in [-0.3, -0.25) is 8.92 Å². The molecule has 6 atom stereocenters. The minimum atomic E-state index is -5.70. The Kier molecular flexibility index (Phi) is 6.72. The number of fused-ring (bicyclic) bond motifs is 1. The standard InChI is InChI=1S/C12H19N4O13P3/c1-12(18)9(17)7(4-26-31(22,23)29-32(24,25)28-30(19,20)21)27-10(12)6-2-8-14-5-15-11(13)16(8)3-6/h2-3,5,7,9-10,17-18H,4H2,1H3,(H,22,23)(H,24,25)(H2,13,14,15)(H2,19,20,21)/t7-,9-,10+,12-/m1/s1. The monoisotopic (exact) mass is 520 g/mol. The Bertz CT molecular complexity index is 1150. The maximum Gasteiger partial charge on any atom is 0.490 e. The van der Waals surface area contributed by atoms with Crippen LogP contribution in [0.1, 0.15) is 18.6 Å². The van der Waals surface area contributed by atoms with Gasteiger partial charge < -0.3 is 40.3 Å². The van der Waals surface area contributed by atoms with Crippen LogP contribution in [0.15, 0.2) is 18.6 Å². The molecule has 0 radical (unpaired) electrons. The minimum absolute atomic E-state index is 0.0867. The first-order valence-electron chi connectivity index (χ1n) is 8.43. The second kappa shape index (κ2) is 8.49. The topological polar surface area (TPSA) is 266 Å². The molecule has 0 aromatic carbocycles. The van der Waals surface area contributed by atoms with Crippen LogP contribution < -0.4 is 5.73 Å². The zero-order valence-corrected chi connectivity index (χ0v) is 18.7. The molecule has 180 valence electrons. The summed E-state index contributed by atoms with van der Waals surface area (Å²) in [5, 5.41) is 21.1. The number of aliphatic hydroxyl groups excluding tert-OH is 1.